The van der Waals surface area contributed by atoms with Gasteiger partial charge in [0.15, 0.2) is 0 Å². The van der Waals surface area contributed by atoms with Gasteiger partial charge in [-0.2, -0.15) is 0 Å². The lowest BCUT2D eigenvalue weighted by Crippen LogP contribution is -2.16. The van der Waals surface area contributed by atoms with Crippen molar-refractivity contribution in [2.24, 2.45) is 11.1 Å². The Balaban J connectivity index is 2.97. The number of carbonyl (C=O) groups is 1. The third kappa shape index (κ3) is 5.00. The molecule has 1 rings (SSSR count). The number of hydrogen-bond donors (Lipinski definition) is 3. The summed E-state index contributed by atoms with van der Waals surface area (Å²) in [5.41, 5.74) is -0.339. The first kappa shape index (κ1) is 16.9. The second-order valence-electron chi connectivity index (χ2n) is 4.57. The van der Waals surface area contributed by atoms with E-state index >= 15 is 0 Å². The minimum absolute atomic E-state index is 0.0872. The van der Waals surface area contributed by atoms with Crippen LogP contribution in [-0.4, -0.2) is 31.0 Å². The Morgan fingerprint density at radius 3 is 2.62 bits per heavy atom. The van der Waals surface area contributed by atoms with E-state index in [9.17, 15) is 23.3 Å². The largest absolute Gasteiger partial charge is 0.481 e. The van der Waals surface area contributed by atoms with Gasteiger partial charge in [-0.15, -0.1) is 0 Å². The summed E-state index contributed by atoms with van der Waals surface area (Å²) >= 11 is 0. The number of nitrogens with one attached hydrogen (secondary N) is 1. The van der Waals surface area contributed by atoms with E-state index in [0.29, 0.717) is 0 Å². The average Bonchev–Trinajstić information content (AvgIpc) is 2.34. The summed E-state index contributed by atoms with van der Waals surface area (Å²) in [6, 6.07) is 3.23. The molecule has 0 fully saturated rings. The van der Waals surface area contributed by atoms with Gasteiger partial charge in [0, 0.05) is 19.0 Å². The Bertz CT molecular complexity index is 658. The number of nitrogens with two attached hydrogens (primary N) is 1. The molecule has 0 spiro atoms. The van der Waals surface area contributed by atoms with Crippen molar-refractivity contribution >= 4 is 27.4 Å². The van der Waals surface area contributed by atoms with Crippen molar-refractivity contribution < 1.29 is 23.2 Å². The van der Waals surface area contributed by atoms with Crippen LogP contribution >= 0.6 is 0 Å². The molecule has 0 heterocycles. The minimum Gasteiger partial charge on any atom is -0.481 e. The molecular formula is C11H15N3O6S. The Kier molecular flexibility index (Phi) is 5.22. The van der Waals surface area contributed by atoms with E-state index in [2.05, 4.69) is 5.32 Å². The lowest BCUT2D eigenvalue weighted by atomic mass is 10.1. The highest BCUT2D eigenvalue weighted by Gasteiger charge is 2.19. The number of nitro groups is 1. The summed E-state index contributed by atoms with van der Waals surface area (Å²) in [4.78, 5) is 20.4. The summed E-state index contributed by atoms with van der Waals surface area (Å²) in [5.74, 6) is -1.22. The van der Waals surface area contributed by atoms with Crippen molar-refractivity contribution in [3.8, 4) is 0 Å². The van der Waals surface area contributed by atoms with Crippen LogP contribution in [0.3, 0.4) is 0 Å². The van der Waals surface area contributed by atoms with E-state index < -0.39 is 26.6 Å². The van der Waals surface area contributed by atoms with Gasteiger partial charge in [0.1, 0.15) is 5.69 Å². The van der Waals surface area contributed by atoms with Crippen LogP contribution in [0.15, 0.2) is 23.1 Å². The third-order valence-corrected chi connectivity index (χ3v) is 3.57. The molecule has 0 aliphatic carbocycles. The zero-order chi connectivity index (χ0) is 16.2. The van der Waals surface area contributed by atoms with Gasteiger partial charge >= 0.3 is 5.97 Å². The van der Waals surface area contributed by atoms with Crippen molar-refractivity contribution in [1.82, 2.24) is 0 Å². The molecule has 0 saturated heterocycles. The Morgan fingerprint density at radius 1 is 1.52 bits per heavy atom. The van der Waals surface area contributed by atoms with Crippen LogP contribution in [0.1, 0.15) is 13.3 Å². The molecule has 0 saturated carbocycles. The van der Waals surface area contributed by atoms with Crippen LogP contribution in [-0.2, 0) is 14.8 Å². The quantitative estimate of drug-likeness (QED) is 0.495. The summed E-state index contributed by atoms with van der Waals surface area (Å²) in [7, 11) is -4.03. The summed E-state index contributed by atoms with van der Waals surface area (Å²) in [6.07, 6.45) is -0.0872. The number of nitro benzene ring substituents is 1. The topological polar surface area (TPSA) is 153 Å². The van der Waals surface area contributed by atoms with Gasteiger partial charge < -0.3 is 10.4 Å². The first-order valence-corrected chi connectivity index (χ1v) is 7.42. The van der Waals surface area contributed by atoms with Crippen LogP contribution in [0.5, 0.6) is 0 Å². The van der Waals surface area contributed by atoms with E-state index in [1.54, 1.807) is 6.92 Å². The molecule has 1 atom stereocenters. The fourth-order valence-electron chi connectivity index (χ4n) is 1.64. The molecule has 21 heavy (non-hydrogen) atoms. The van der Waals surface area contributed by atoms with Gasteiger partial charge in [0.25, 0.3) is 5.69 Å². The number of carboxylic acid groups (broad SMARTS) is 1. The van der Waals surface area contributed by atoms with Crippen molar-refractivity contribution in [3.63, 3.8) is 0 Å². The summed E-state index contributed by atoms with van der Waals surface area (Å²) in [6.45, 7) is 1.87. The van der Waals surface area contributed by atoms with Gasteiger partial charge in [-0.1, -0.05) is 6.92 Å². The van der Waals surface area contributed by atoms with Gasteiger partial charge in [0.2, 0.25) is 10.0 Å². The maximum Gasteiger partial charge on any atom is 0.303 e. The number of rotatable bonds is 7. The van der Waals surface area contributed by atoms with Crippen molar-refractivity contribution in [3.05, 3.63) is 28.3 Å². The smallest absolute Gasteiger partial charge is 0.303 e. The maximum absolute atomic E-state index is 11.2. The Morgan fingerprint density at radius 2 is 2.14 bits per heavy atom. The maximum atomic E-state index is 11.2. The molecule has 116 valence electrons. The van der Waals surface area contributed by atoms with Gasteiger partial charge in [-0.25, -0.2) is 13.6 Å². The molecule has 10 heteroatoms. The number of hydrogen-bond acceptors (Lipinski definition) is 6. The monoisotopic (exact) mass is 317 g/mol. The van der Waals surface area contributed by atoms with Crippen LogP contribution < -0.4 is 10.5 Å². The second kappa shape index (κ2) is 6.50. The van der Waals surface area contributed by atoms with Gasteiger partial charge in [0.05, 0.1) is 9.82 Å². The third-order valence-electron chi connectivity index (χ3n) is 2.66. The molecule has 1 aromatic carbocycles. The lowest BCUT2D eigenvalue weighted by Gasteiger charge is -2.12. The van der Waals surface area contributed by atoms with Crippen molar-refractivity contribution in [1.29, 1.82) is 0 Å². The zero-order valence-electron chi connectivity index (χ0n) is 11.1. The standard InChI is InChI=1S/C11H15N3O6S/c1-7(4-11(15)16)6-13-9-3-2-8(21(12,19)20)5-10(9)14(17)18/h2-3,5,7,13H,4,6H2,1H3,(H,15,16)(H2,12,19,20). The van der Waals surface area contributed by atoms with Crippen molar-refractivity contribution in [2.45, 2.75) is 18.2 Å². The summed E-state index contributed by atoms with van der Waals surface area (Å²) in [5, 5.41) is 27.2. The highest BCUT2D eigenvalue weighted by molar-refractivity contribution is 7.89. The number of primary sulfonamides is 1. The molecule has 0 aliphatic heterocycles. The molecule has 0 amide bonds. The highest BCUT2D eigenvalue weighted by Crippen LogP contribution is 2.27. The fraction of sp³-hybridized carbons (Fsp3) is 0.364. The Labute approximate surface area is 121 Å². The fourth-order valence-corrected chi connectivity index (χ4v) is 2.18. The molecular weight excluding hydrogens is 302 g/mol. The number of carboxylic acids is 1. The van der Waals surface area contributed by atoms with E-state index in [1.165, 1.54) is 6.07 Å². The van der Waals surface area contributed by atoms with Gasteiger partial charge in [-0.3, -0.25) is 14.9 Å². The molecule has 0 aliphatic rings. The van der Waals surface area contributed by atoms with Crippen molar-refractivity contribution in [2.75, 3.05) is 11.9 Å². The van der Waals surface area contributed by atoms with E-state index in [4.69, 9.17) is 10.2 Å². The van der Waals surface area contributed by atoms with E-state index in [-0.39, 0.29) is 29.5 Å². The number of aliphatic carboxylic acids is 1. The lowest BCUT2D eigenvalue weighted by molar-refractivity contribution is -0.384. The normalized spacial score (nSPS) is 12.7. The first-order valence-electron chi connectivity index (χ1n) is 5.88. The second-order valence-corrected chi connectivity index (χ2v) is 6.13. The van der Waals surface area contributed by atoms with Crippen LogP contribution in [0, 0.1) is 16.0 Å². The average molecular weight is 317 g/mol. The Hall–Kier alpha value is -2.20. The minimum atomic E-state index is -4.03. The predicted octanol–water partition coefficient (Wildman–Crippen LogP) is 0.765. The summed E-state index contributed by atoms with van der Waals surface area (Å²) < 4.78 is 22.4. The number of benzene rings is 1. The van der Waals surface area contributed by atoms with Crippen LogP contribution in [0.25, 0.3) is 0 Å². The molecule has 0 bridgehead atoms. The molecule has 1 unspecified atom stereocenters. The van der Waals surface area contributed by atoms with Crippen LogP contribution in [0.2, 0.25) is 0 Å². The van der Waals surface area contributed by atoms with E-state index in [1.807, 2.05) is 0 Å². The predicted molar refractivity (Wildman–Crippen MR) is 74.4 cm³/mol. The molecule has 4 N–H and O–H groups in total. The number of nitrogens with zero attached hydrogens (tertiary/aromatic N) is 1. The SMILES string of the molecule is CC(CNc1ccc(S(N)(=O)=O)cc1[N+](=O)[O-])CC(=O)O. The number of sulfonamides is 1. The van der Waals surface area contributed by atoms with E-state index in [0.717, 1.165) is 12.1 Å². The molecule has 0 radical (unpaired) electrons. The molecule has 9 nitrogen and oxygen atoms in total. The van der Waals surface area contributed by atoms with Gasteiger partial charge in [-0.05, 0) is 18.1 Å². The zero-order valence-corrected chi connectivity index (χ0v) is 12.0. The number of anilines is 1. The highest BCUT2D eigenvalue weighted by atomic mass is 32.2. The molecule has 0 aromatic heterocycles. The van der Waals surface area contributed by atoms with Crippen LogP contribution in [0.4, 0.5) is 11.4 Å². The first-order chi connectivity index (χ1) is 9.61. The molecule has 1 aromatic rings.